The molecule has 0 aliphatic carbocycles. The standard InChI is InChI=1S/C11H6N2O3S/c14-11(15)10-13-8(4-17-10)6-1-2-7-9(3-6)16-5-12-7/h1-5H,(H,14,15). The molecule has 0 amide bonds. The molecule has 6 heteroatoms. The lowest BCUT2D eigenvalue weighted by Crippen LogP contribution is -1.94. The second kappa shape index (κ2) is 3.67. The summed E-state index contributed by atoms with van der Waals surface area (Å²) in [6, 6.07) is 5.45. The summed E-state index contributed by atoms with van der Waals surface area (Å²) in [6.45, 7) is 0. The monoisotopic (exact) mass is 246 g/mol. The molecule has 84 valence electrons. The number of aromatic nitrogens is 2. The Morgan fingerprint density at radius 1 is 1.41 bits per heavy atom. The smallest absolute Gasteiger partial charge is 0.365 e. The fourth-order valence-electron chi connectivity index (χ4n) is 1.52. The summed E-state index contributed by atoms with van der Waals surface area (Å²) in [5.74, 6) is -1.01. The number of carboxylic acid groups (broad SMARTS) is 1. The molecular formula is C11H6N2O3S. The van der Waals surface area contributed by atoms with Gasteiger partial charge in [-0.2, -0.15) is 0 Å². The fraction of sp³-hybridized carbons (Fsp3) is 0. The number of hydrogen-bond donors (Lipinski definition) is 1. The van der Waals surface area contributed by atoms with E-state index in [-0.39, 0.29) is 5.01 Å². The first kappa shape index (κ1) is 9.98. The molecule has 0 saturated carbocycles. The second-order valence-electron chi connectivity index (χ2n) is 3.38. The molecule has 0 unspecified atom stereocenters. The zero-order valence-corrected chi connectivity index (χ0v) is 9.27. The van der Waals surface area contributed by atoms with Crippen LogP contribution >= 0.6 is 11.3 Å². The summed E-state index contributed by atoms with van der Waals surface area (Å²) in [4.78, 5) is 18.8. The second-order valence-corrected chi connectivity index (χ2v) is 4.24. The molecule has 2 heterocycles. The number of nitrogens with zero attached hydrogens (tertiary/aromatic N) is 2. The van der Waals surface area contributed by atoms with E-state index in [1.807, 2.05) is 12.1 Å². The highest BCUT2D eigenvalue weighted by atomic mass is 32.1. The van der Waals surface area contributed by atoms with Crippen LogP contribution in [0.4, 0.5) is 0 Å². The zero-order chi connectivity index (χ0) is 11.8. The zero-order valence-electron chi connectivity index (χ0n) is 8.45. The highest BCUT2D eigenvalue weighted by Gasteiger charge is 2.11. The summed E-state index contributed by atoms with van der Waals surface area (Å²) in [6.07, 6.45) is 1.37. The SMILES string of the molecule is O=C(O)c1nc(-c2ccc3ncoc3c2)cs1. The van der Waals surface area contributed by atoms with Gasteiger partial charge in [0.05, 0.1) is 5.69 Å². The van der Waals surface area contributed by atoms with Gasteiger partial charge in [0.25, 0.3) is 0 Å². The predicted octanol–water partition coefficient (Wildman–Crippen LogP) is 2.65. The van der Waals surface area contributed by atoms with E-state index in [2.05, 4.69) is 9.97 Å². The van der Waals surface area contributed by atoms with E-state index in [9.17, 15) is 4.79 Å². The number of aromatic carboxylic acids is 1. The number of oxazole rings is 1. The number of fused-ring (bicyclic) bond motifs is 1. The average Bonchev–Trinajstić information content (AvgIpc) is 2.97. The van der Waals surface area contributed by atoms with Gasteiger partial charge in [0.15, 0.2) is 12.0 Å². The van der Waals surface area contributed by atoms with Crippen LogP contribution in [0.1, 0.15) is 9.80 Å². The largest absolute Gasteiger partial charge is 0.476 e. The molecule has 0 spiro atoms. The molecule has 0 bridgehead atoms. The quantitative estimate of drug-likeness (QED) is 0.752. The van der Waals surface area contributed by atoms with Crippen LogP contribution in [0.15, 0.2) is 34.4 Å². The molecule has 0 atom stereocenters. The highest BCUT2D eigenvalue weighted by Crippen LogP contribution is 2.25. The maximum Gasteiger partial charge on any atom is 0.365 e. The molecule has 1 N–H and O–H groups in total. The van der Waals surface area contributed by atoms with E-state index in [4.69, 9.17) is 9.52 Å². The third-order valence-electron chi connectivity index (χ3n) is 2.31. The molecule has 0 aliphatic heterocycles. The van der Waals surface area contributed by atoms with Crippen LogP contribution in [0.3, 0.4) is 0 Å². The lowest BCUT2D eigenvalue weighted by Gasteiger charge is -1.94. The van der Waals surface area contributed by atoms with Crippen molar-refractivity contribution >= 4 is 28.4 Å². The van der Waals surface area contributed by atoms with Gasteiger partial charge in [-0.15, -0.1) is 11.3 Å². The van der Waals surface area contributed by atoms with Gasteiger partial charge in [-0.05, 0) is 12.1 Å². The Morgan fingerprint density at radius 2 is 2.29 bits per heavy atom. The fourth-order valence-corrected chi connectivity index (χ4v) is 2.18. The van der Waals surface area contributed by atoms with E-state index in [1.165, 1.54) is 6.39 Å². The number of carbonyl (C=O) groups is 1. The van der Waals surface area contributed by atoms with Crippen LogP contribution in [0.5, 0.6) is 0 Å². The van der Waals surface area contributed by atoms with Gasteiger partial charge in [-0.3, -0.25) is 0 Å². The maximum atomic E-state index is 10.7. The van der Waals surface area contributed by atoms with Crippen molar-refractivity contribution in [1.29, 1.82) is 0 Å². The van der Waals surface area contributed by atoms with Gasteiger partial charge in [0, 0.05) is 10.9 Å². The van der Waals surface area contributed by atoms with Gasteiger partial charge in [0.2, 0.25) is 5.01 Å². The Kier molecular flexibility index (Phi) is 2.15. The van der Waals surface area contributed by atoms with E-state index in [0.717, 1.165) is 22.4 Å². The first-order valence-electron chi connectivity index (χ1n) is 4.76. The number of carboxylic acids is 1. The maximum absolute atomic E-state index is 10.7. The minimum Gasteiger partial charge on any atom is -0.476 e. The van der Waals surface area contributed by atoms with Crippen molar-refractivity contribution < 1.29 is 14.3 Å². The first-order chi connectivity index (χ1) is 8.24. The van der Waals surface area contributed by atoms with Gasteiger partial charge in [0.1, 0.15) is 5.52 Å². The molecular weight excluding hydrogens is 240 g/mol. The molecule has 5 nitrogen and oxygen atoms in total. The van der Waals surface area contributed by atoms with Crippen LogP contribution in [0.25, 0.3) is 22.4 Å². The van der Waals surface area contributed by atoms with Gasteiger partial charge in [-0.1, -0.05) is 6.07 Å². The third-order valence-corrected chi connectivity index (χ3v) is 3.14. The molecule has 0 fully saturated rings. The van der Waals surface area contributed by atoms with Crippen LogP contribution in [-0.4, -0.2) is 21.0 Å². The molecule has 17 heavy (non-hydrogen) atoms. The number of rotatable bonds is 2. The van der Waals surface area contributed by atoms with Crippen molar-refractivity contribution in [3.05, 3.63) is 35.0 Å². The Labute approximate surface area is 99.4 Å². The van der Waals surface area contributed by atoms with Crippen LogP contribution in [0, 0.1) is 0 Å². The van der Waals surface area contributed by atoms with Crippen molar-refractivity contribution in [1.82, 2.24) is 9.97 Å². The van der Waals surface area contributed by atoms with E-state index in [1.54, 1.807) is 11.4 Å². The van der Waals surface area contributed by atoms with E-state index in [0.29, 0.717) is 11.3 Å². The topological polar surface area (TPSA) is 76.2 Å². The summed E-state index contributed by atoms with van der Waals surface area (Å²) in [5.41, 5.74) is 2.87. The minimum absolute atomic E-state index is 0.0812. The number of benzene rings is 1. The molecule has 0 radical (unpaired) electrons. The van der Waals surface area contributed by atoms with Crippen LogP contribution in [-0.2, 0) is 0 Å². The number of thiazole rings is 1. The summed E-state index contributed by atoms with van der Waals surface area (Å²) in [5, 5.41) is 10.6. The molecule has 0 aliphatic rings. The van der Waals surface area contributed by atoms with Crippen molar-refractivity contribution in [2.75, 3.05) is 0 Å². The molecule has 0 saturated heterocycles. The van der Waals surface area contributed by atoms with Crippen molar-refractivity contribution in [2.24, 2.45) is 0 Å². The normalized spacial score (nSPS) is 10.8. The minimum atomic E-state index is -1.01. The number of hydrogen-bond acceptors (Lipinski definition) is 5. The average molecular weight is 246 g/mol. The Balaban J connectivity index is 2.09. The van der Waals surface area contributed by atoms with Gasteiger partial charge >= 0.3 is 5.97 Å². The highest BCUT2D eigenvalue weighted by molar-refractivity contribution is 7.11. The van der Waals surface area contributed by atoms with E-state index < -0.39 is 5.97 Å². The van der Waals surface area contributed by atoms with Crippen molar-refractivity contribution in [2.45, 2.75) is 0 Å². The lowest BCUT2D eigenvalue weighted by atomic mass is 10.1. The molecule has 3 aromatic rings. The Hall–Kier alpha value is -2.21. The molecule has 3 rings (SSSR count). The van der Waals surface area contributed by atoms with E-state index >= 15 is 0 Å². The van der Waals surface area contributed by atoms with Gasteiger partial charge < -0.3 is 9.52 Å². The Morgan fingerprint density at radius 3 is 3.06 bits per heavy atom. The summed E-state index contributed by atoms with van der Waals surface area (Å²) >= 11 is 1.10. The van der Waals surface area contributed by atoms with Crippen molar-refractivity contribution in [3.8, 4) is 11.3 Å². The third kappa shape index (κ3) is 1.68. The lowest BCUT2D eigenvalue weighted by molar-refractivity contribution is 0.0696. The summed E-state index contributed by atoms with van der Waals surface area (Å²) < 4.78 is 5.18. The van der Waals surface area contributed by atoms with Crippen LogP contribution in [0.2, 0.25) is 0 Å². The summed E-state index contributed by atoms with van der Waals surface area (Å²) in [7, 11) is 0. The Bertz CT molecular complexity index is 701. The predicted molar refractivity (Wildman–Crippen MR) is 62.1 cm³/mol. The molecule has 2 aromatic heterocycles. The van der Waals surface area contributed by atoms with Crippen LogP contribution < -0.4 is 0 Å². The van der Waals surface area contributed by atoms with Gasteiger partial charge in [-0.25, -0.2) is 14.8 Å². The molecule has 1 aromatic carbocycles. The van der Waals surface area contributed by atoms with Crippen molar-refractivity contribution in [3.63, 3.8) is 0 Å². The first-order valence-corrected chi connectivity index (χ1v) is 5.64.